The first-order valence-corrected chi connectivity index (χ1v) is 10.5. The number of nitrogens with zero attached hydrogens (tertiary/aromatic N) is 5. The highest BCUT2D eigenvalue weighted by molar-refractivity contribution is 9.10. The van der Waals surface area contributed by atoms with Gasteiger partial charge in [0, 0.05) is 31.9 Å². The van der Waals surface area contributed by atoms with Gasteiger partial charge in [-0.15, -0.1) is 0 Å². The molecule has 3 aromatic rings. The summed E-state index contributed by atoms with van der Waals surface area (Å²) in [7, 11) is 3.37. The first-order valence-electron chi connectivity index (χ1n) is 9.72. The topological polar surface area (TPSA) is 94.3 Å². The zero-order chi connectivity index (χ0) is 21.3. The molecule has 0 atom stereocenters. The maximum Gasteiger partial charge on any atom is 0.266 e. The number of aromatic nitrogens is 4. The highest BCUT2D eigenvalue weighted by atomic mass is 79.9. The van der Waals surface area contributed by atoms with Crippen molar-refractivity contribution in [1.29, 1.82) is 0 Å². The number of fused-ring (bicyclic) bond motifs is 1. The number of carbonyl (C=O) groups is 1. The predicted molar refractivity (Wildman–Crippen MR) is 117 cm³/mol. The third-order valence-corrected chi connectivity index (χ3v) is 5.94. The molecule has 3 heterocycles. The Morgan fingerprint density at radius 1 is 1.27 bits per heavy atom. The van der Waals surface area contributed by atoms with Gasteiger partial charge < -0.3 is 15.0 Å². The first kappa shape index (κ1) is 20.4. The Morgan fingerprint density at radius 2 is 1.97 bits per heavy atom. The zero-order valence-electron chi connectivity index (χ0n) is 16.8. The second-order valence-corrected chi connectivity index (χ2v) is 8.07. The van der Waals surface area contributed by atoms with Gasteiger partial charge in [0.1, 0.15) is 28.6 Å². The first-order chi connectivity index (χ1) is 14.5. The smallest absolute Gasteiger partial charge is 0.266 e. The molecule has 1 aromatic carbocycles. The molecule has 1 amide bonds. The summed E-state index contributed by atoms with van der Waals surface area (Å²) in [4.78, 5) is 31.8. The van der Waals surface area contributed by atoms with Crippen LogP contribution in [0.25, 0.3) is 11.0 Å². The van der Waals surface area contributed by atoms with Crippen LogP contribution in [0.1, 0.15) is 12.8 Å². The largest absolute Gasteiger partial charge is 0.497 e. The molecule has 30 heavy (non-hydrogen) atoms. The summed E-state index contributed by atoms with van der Waals surface area (Å²) in [6.45, 7) is 1.64. The maximum atomic E-state index is 12.7. The van der Waals surface area contributed by atoms with E-state index >= 15 is 0 Å². The fourth-order valence-corrected chi connectivity index (χ4v) is 4.34. The van der Waals surface area contributed by atoms with Crippen molar-refractivity contribution in [2.45, 2.75) is 25.4 Å². The molecule has 4 rings (SSSR count). The molecule has 1 aliphatic rings. The Bertz CT molecular complexity index is 1120. The van der Waals surface area contributed by atoms with Gasteiger partial charge in [-0.25, -0.2) is 9.67 Å². The third-order valence-electron chi connectivity index (χ3n) is 5.38. The van der Waals surface area contributed by atoms with E-state index < -0.39 is 0 Å². The van der Waals surface area contributed by atoms with Gasteiger partial charge in [-0.2, -0.15) is 5.10 Å². The molecular formula is C20H23BrN6O3. The highest BCUT2D eigenvalue weighted by Gasteiger charge is 2.22. The lowest BCUT2D eigenvalue weighted by Gasteiger charge is -2.34. The van der Waals surface area contributed by atoms with Crippen LogP contribution < -0.4 is 20.5 Å². The van der Waals surface area contributed by atoms with Gasteiger partial charge in [0.15, 0.2) is 5.65 Å². The van der Waals surface area contributed by atoms with Gasteiger partial charge in [-0.3, -0.25) is 14.2 Å². The van der Waals surface area contributed by atoms with Crippen LogP contribution in [0.3, 0.4) is 0 Å². The summed E-state index contributed by atoms with van der Waals surface area (Å²) in [5.41, 5.74) is 1.34. The van der Waals surface area contributed by atoms with Crippen molar-refractivity contribution in [3.8, 4) is 5.75 Å². The molecular weight excluding hydrogens is 452 g/mol. The molecule has 1 saturated heterocycles. The van der Waals surface area contributed by atoms with Crippen LogP contribution in [0.2, 0.25) is 0 Å². The van der Waals surface area contributed by atoms with E-state index in [4.69, 9.17) is 4.74 Å². The Labute approximate surface area is 181 Å². The van der Waals surface area contributed by atoms with Gasteiger partial charge in [0.2, 0.25) is 5.91 Å². The number of piperidine rings is 1. The average molecular weight is 475 g/mol. The molecule has 9 nitrogen and oxygen atoms in total. The molecule has 10 heteroatoms. The van der Waals surface area contributed by atoms with Crippen molar-refractivity contribution in [3.63, 3.8) is 0 Å². The average Bonchev–Trinajstić information content (AvgIpc) is 3.04. The van der Waals surface area contributed by atoms with Crippen LogP contribution in [-0.2, 0) is 18.4 Å². The predicted octanol–water partition coefficient (Wildman–Crippen LogP) is 1.69. The van der Waals surface area contributed by atoms with Crippen LogP contribution >= 0.6 is 15.9 Å². The summed E-state index contributed by atoms with van der Waals surface area (Å²) in [6, 6.07) is 8.08. The number of benzene rings is 1. The van der Waals surface area contributed by atoms with E-state index in [2.05, 4.69) is 36.2 Å². The molecule has 158 valence electrons. The van der Waals surface area contributed by atoms with E-state index in [0.717, 1.165) is 37.4 Å². The number of aryl methyl sites for hydroxylation is 1. The number of rotatable bonds is 5. The second-order valence-electron chi connectivity index (χ2n) is 7.32. The van der Waals surface area contributed by atoms with Gasteiger partial charge in [0.05, 0.1) is 7.11 Å². The SMILES string of the molecule is COc1ccc(N2CCC(NC(=O)Cn3cnc4c(c(Br)nn4C)c3=O)CC2)cc1. The minimum absolute atomic E-state index is 0.0677. The molecule has 1 N–H and O–H groups in total. The van der Waals surface area contributed by atoms with Crippen molar-refractivity contribution < 1.29 is 9.53 Å². The van der Waals surface area contributed by atoms with Crippen LogP contribution in [0, 0.1) is 0 Å². The molecule has 0 bridgehead atoms. The number of nitrogens with one attached hydrogen (secondary N) is 1. The lowest BCUT2D eigenvalue weighted by atomic mass is 10.0. The number of hydrogen-bond acceptors (Lipinski definition) is 6. The third kappa shape index (κ3) is 4.04. The molecule has 0 aliphatic carbocycles. The number of hydrogen-bond donors (Lipinski definition) is 1. The fraction of sp³-hybridized carbons (Fsp3) is 0.400. The monoisotopic (exact) mass is 474 g/mol. The van der Waals surface area contributed by atoms with Crippen molar-refractivity contribution in [1.82, 2.24) is 24.6 Å². The van der Waals surface area contributed by atoms with Crippen molar-refractivity contribution in [2.75, 3.05) is 25.1 Å². The highest BCUT2D eigenvalue weighted by Crippen LogP contribution is 2.23. The Balaban J connectivity index is 1.35. The summed E-state index contributed by atoms with van der Waals surface area (Å²) < 4.78 is 8.48. The van der Waals surface area contributed by atoms with E-state index in [1.54, 1.807) is 14.2 Å². The van der Waals surface area contributed by atoms with E-state index in [0.29, 0.717) is 15.6 Å². The summed E-state index contributed by atoms with van der Waals surface area (Å²) in [5, 5.41) is 7.57. The molecule has 1 aliphatic heterocycles. The quantitative estimate of drug-likeness (QED) is 0.604. The molecule has 0 radical (unpaired) electrons. The van der Waals surface area contributed by atoms with Crippen molar-refractivity contribution in [2.24, 2.45) is 7.05 Å². The number of halogens is 1. The van der Waals surface area contributed by atoms with Crippen LogP contribution in [-0.4, -0.2) is 51.5 Å². The molecule has 0 spiro atoms. The second kappa shape index (κ2) is 8.47. The van der Waals surface area contributed by atoms with Gasteiger partial charge in [-0.1, -0.05) is 0 Å². The Kier molecular flexibility index (Phi) is 5.76. The summed E-state index contributed by atoms with van der Waals surface area (Å²) in [5.74, 6) is 0.642. The maximum absolute atomic E-state index is 12.7. The zero-order valence-corrected chi connectivity index (χ0v) is 18.4. The van der Waals surface area contributed by atoms with Crippen LogP contribution in [0.15, 0.2) is 40.0 Å². The van der Waals surface area contributed by atoms with Crippen molar-refractivity contribution in [3.05, 3.63) is 45.5 Å². The van der Waals surface area contributed by atoms with E-state index in [1.807, 2.05) is 24.3 Å². The van der Waals surface area contributed by atoms with Gasteiger partial charge >= 0.3 is 0 Å². The number of ether oxygens (including phenoxy) is 1. The summed E-state index contributed by atoms with van der Waals surface area (Å²) in [6.07, 6.45) is 3.08. The van der Waals surface area contributed by atoms with Gasteiger partial charge in [-0.05, 0) is 53.0 Å². The molecule has 0 unspecified atom stereocenters. The number of amides is 1. The number of methoxy groups -OCH3 is 1. The molecule has 1 fully saturated rings. The molecule has 0 saturated carbocycles. The van der Waals surface area contributed by atoms with Crippen LogP contribution in [0.4, 0.5) is 5.69 Å². The lowest BCUT2D eigenvalue weighted by Crippen LogP contribution is -2.46. The van der Waals surface area contributed by atoms with Gasteiger partial charge in [0.25, 0.3) is 5.56 Å². The number of anilines is 1. The van der Waals surface area contributed by atoms with Crippen LogP contribution in [0.5, 0.6) is 5.75 Å². The van der Waals surface area contributed by atoms with E-state index in [-0.39, 0.29) is 24.1 Å². The minimum Gasteiger partial charge on any atom is -0.497 e. The molecule has 2 aromatic heterocycles. The van der Waals surface area contributed by atoms with Crippen molar-refractivity contribution >= 4 is 38.6 Å². The number of carbonyl (C=O) groups excluding carboxylic acids is 1. The fourth-order valence-electron chi connectivity index (χ4n) is 3.75. The Hall–Kier alpha value is -2.88. The lowest BCUT2D eigenvalue weighted by molar-refractivity contribution is -0.122. The minimum atomic E-state index is -0.288. The normalized spacial score (nSPS) is 14.8. The standard InChI is InChI=1S/C20H23BrN6O3/c1-25-19-17(18(21)24-25)20(29)27(12-22-19)11-16(28)23-13-7-9-26(10-8-13)14-3-5-15(30-2)6-4-14/h3-6,12-13H,7-11H2,1-2H3,(H,23,28). The Morgan fingerprint density at radius 3 is 2.63 bits per heavy atom. The van der Waals surface area contributed by atoms with E-state index in [1.165, 1.54) is 15.6 Å². The van der Waals surface area contributed by atoms with E-state index in [9.17, 15) is 9.59 Å². The summed E-state index contributed by atoms with van der Waals surface area (Å²) >= 11 is 3.28.